The van der Waals surface area contributed by atoms with Gasteiger partial charge in [0, 0.05) is 11.1 Å². The molecule has 3 aromatic rings. The largest absolute Gasteiger partial charge is 0.203 e. The molecular formula is C28H32F2. The van der Waals surface area contributed by atoms with Crippen molar-refractivity contribution in [3.63, 3.8) is 0 Å². The van der Waals surface area contributed by atoms with Gasteiger partial charge in [0.1, 0.15) is 0 Å². The van der Waals surface area contributed by atoms with Gasteiger partial charge in [-0.05, 0) is 47.9 Å². The maximum atomic E-state index is 14.9. The molecule has 3 rings (SSSR count). The van der Waals surface area contributed by atoms with Crippen molar-refractivity contribution in [2.24, 2.45) is 0 Å². The molecule has 0 radical (unpaired) electrons. The zero-order valence-corrected chi connectivity index (χ0v) is 18.2. The molecule has 0 bridgehead atoms. The molecule has 0 aliphatic carbocycles. The predicted octanol–water partition coefficient (Wildman–Crippen LogP) is 8.76. The van der Waals surface area contributed by atoms with Crippen molar-refractivity contribution >= 4 is 0 Å². The molecular weight excluding hydrogens is 374 g/mol. The zero-order chi connectivity index (χ0) is 21.3. The van der Waals surface area contributed by atoms with E-state index in [2.05, 4.69) is 13.8 Å². The summed E-state index contributed by atoms with van der Waals surface area (Å²) >= 11 is 0. The Hall–Kier alpha value is -2.48. The van der Waals surface area contributed by atoms with Crippen LogP contribution >= 0.6 is 0 Å². The fourth-order valence-corrected chi connectivity index (χ4v) is 3.86. The second-order valence-electron chi connectivity index (χ2n) is 8.10. The lowest BCUT2D eigenvalue weighted by Crippen LogP contribution is -1.95. The van der Waals surface area contributed by atoms with E-state index in [1.807, 2.05) is 48.5 Å². The third-order valence-corrected chi connectivity index (χ3v) is 5.75. The Morgan fingerprint density at radius 2 is 0.867 bits per heavy atom. The second-order valence-corrected chi connectivity index (χ2v) is 8.10. The van der Waals surface area contributed by atoms with Crippen LogP contribution in [0.3, 0.4) is 0 Å². The monoisotopic (exact) mass is 406 g/mol. The minimum Gasteiger partial charge on any atom is -0.203 e. The maximum absolute atomic E-state index is 14.9. The number of hydrogen-bond acceptors (Lipinski definition) is 0. The summed E-state index contributed by atoms with van der Waals surface area (Å²) in [5.41, 5.74) is 4.53. The van der Waals surface area contributed by atoms with Crippen molar-refractivity contribution < 1.29 is 8.78 Å². The first kappa shape index (κ1) is 22.2. The molecule has 0 saturated carbocycles. The van der Waals surface area contributed by atoms with Gasteiger partial charge in [-0.15, -0.1) is 0 Å². The minimum atomic E-state index is -0.779. The highest BCUT2D eigenvalue weighted by Gasteiger charge is 2.16. The molecule has 0 N–H and O–H groups in total. The number of hydrogen-bond donors (Lipinski definition) is 0. The van der Waals surface area contributed by atoms with E-state index < -0.39 is 11.6 Å². The number of benzene rings is 3. The van der Waals surface area contributed by atoms with E-state index in [-0.39, 0.29) is 0 Å². The summed E-state index contributed by atoms with van der Waals surface area (Å²) in [5.74, 6) is -1.56. The van der Waals surface area contributed by atoms with Crippen molar-refractivity contribution in [1.82, 2.24) is 0 Å². The molecule has 158 valence electrons. The minimum absolute atomic E-state index is 0.313. The maximum Gasteiger partial charge on any atom is 0.167 e. The van der Waals surface area contributed by atoms with Gasteiger partial charge in [-0.3, -0.25) is 0 Å². The first-order valence-electron chi connectivity index (χ1n) is 11.3. The van der Waals surface area contributed by atoms with Crippen molar-refractivity contribution in [3.8, 4) is 22.3 Å². The molecule has 3 aromatic carbocycles. The van der Waals surface area contributed by atoms with Crippen LogP contribution in [0.2, 0.25) is 0 Å². The van der Waals surface area contributed by atoms with Gasteiger partial charge in [0.25, 0.3) is 0 Å². The smallest absolute Gasteiger partial charge is 0.167 e. The zero-order valence-electron chi connectivity index (χ0n) is 18.2. The molecule has 0 aliphatic heterocycles. The number of halogens is 2. The number of aryl methyl sites for hydroxylation is 2. The van der Waals surface area contributed by atoms with Crippen LogP contribution in [0, 0.1) is 11.6 Å². The van der Waals surface area contributed by atoms with Crippen molar-refractivity contribution in [2.45, 2.75) is 65.2 Å². The quantitative estimate of drug-likeness (QED) is 0.295. The van der Waals surface area contributed by atoms with Crippen LogP contribution in [-0.4, -0.2) is 0 Å². The van der Waals surface area contributed by atoms with Gasteiger partial charge >= 0.3 is 0 Å². The van der Waals surface area contributed by atoms with Gasteiger partial charge in [0.05, 0.1) is 0 Å². The van der Waals surface area contributed by atoms with E-state index in [0.717, 1.165) is 25.7 Å². The Morgan fingerprint density at radius 1 is 0.500 bits per heavy atom. The first-order valence-corrected chi connectivity index (χ1v) is 11.3. The van der Waals surface area contributed by atoms with Crippen molar-refractivity contribution in [2.75, 3.05) is 0 Å². The van der Waals surface area contributed by atoms with E-state index in [1.165, 1.54) is 36.8 Å². The van der Waals surface area contributed by atoms with E-state index in [1.54, 1.807) is 12.1 Å². The van der Waals surface area contributed by atoms with Crippen LogP contribution in [0.15, 0.2) is 60.7 Å². The van der Waals surface area contributed by atoms with Gasteiger partial charge in [-0.2, -0.15) is 0 Å². The van der Waals surface area contributed by atoms with Crippen molar-refractivity contribution in [1.29, 1.82) is 0 Å². The van der Waals surface area contributed by atoms with Crippen LogP contribution < -0.4 is 0 Å². The Kier molecular flexibility index (Phi) is 8.19. The summed E-state index contributed by atoms with van der Waals surface area (Å²) in [6.45, 7) is 4.37. The van der Waals surface area contributed by atoms with Crippen LogP contribution in [-0.2, 0) is 12.8 Å². The highest BCUT2D eigenvalue weighted by molar-refractivity contribution is 5.72. The highest BCUT2D eigenvalue weighted by atomic mass is 19.2. The standard InChI is InChI=1S/C28H32F2/c1-3-5-7-9-21-11-15-23(16-12-21)25-19-20-26(28(30)27(25)29)24-17-13-22(14-18-24)10-8-6-4-2/h11-20H,3-10H2,1-2H3. The van der Waals surface area contributed by atoms with Crippen LogP contribution in [0.25, 0.3) is 22.3 Å². The normalized spacial score (nSPS) is 11.1. The summed E-state index contributed by atoms with van der Waals surface area (Å²) in [4.78, 5) is 0. The number of rotatable bonds is 10. The van der Waals surface area contributed by atoms with Gasteiger partial charge in [0.2, 0.25) is 0 Å². The Labute approximate surface area is 180 Å². The van der Waals surface area contributed by atoms with Gasteiger partial charge in [-0.1, -0.05) is 100 Å². The molecule has 2 heteroatoms. The lowest BCUT2D eigenvalue weighted by Gasteiger charge is -2.11. The molecule has 0 spiro atoms. The van der Waals surface area contributed by atoms with Crippen molar-refractivity contribution in [3.05, 3.63) is 83.4 Å². The summed E-state index contributed by atoms with van der Waals surface area (Å²) in [5, 5.41) is 0. The molecule has 30 heavy (non-hydrogen) atoms. The summed E-state index contributed by atoms with van der Waals surface area (Å²) in [6.07, 6.45) is 9.17. The van der Waals surface area contributed by atoms with Crippen LogP contribution in [0.4, 0.5) is 8.78 Å². The molecule has 0 aromatic heterocycles. The lowest BCUT2D eigenvalue weighted by molar-refractivity contribution is 0.514. The Balaban J connectivity index is 1.77. The molecule has 0 nitrogen and oxygen atoms in total. The topological polar surface area (TPSA) is 0 Å². The fraction of sp³-hybridized carbons (Fsp3) is 0.357. The summed E-state index contributed by atoms with van der Waals surface area (Å²) in [6, 6.07) is 19.0. The predicted molar refractivity (Wildman–Crippen MR) is 124 cm³/mol. The Morgan fingerprint density at radius 3 is 1.20 bits per heavy atom. The highest BCUT2D eigenvalue weighted by Crippen LogP contribution is 2.32. The average Bonchev–Trinajstić information content (AvgIpc) is 2.77. The van der Waals surface area contributed by atoms with E-state index in [0.29, 0.717) is 22.3 Å². The molecule has 0 saturated heterocycles. The fourth-order valence-electron chi connectivity index (χ4n) is 3.86. The Bertz CT molecular complexity index is 846. The van der Waals surface area contributed by atoms with E-state index in [9.17, 15) is 8.78 Å². The van der Waals surface area contributed by atoms with Gasteiger partial charge in [0.15, 0.2) is 11.6 Å². The van der Waals surface area contributed by atoms with E-state index in [4.69, 9.17) is 0 Å². The molecule has 0 atom stereocenters. The third kappa shape index (κ3) is 5.56. The number of unbranched alkanes of at least 4 members (excludes halogenated alkanes) is 4. The summed E-state index contributed by atoms with van der Waals surface area (Å²) < 4.78 is 29.8. The average molecular weight is 407 g/mol. The van der Waals surface area contributed by atoms with E-state index >= 15 is 0 Å². The SMILES string of the molecule is CCCCCc1ccc(-c2ccc(-c3ccc(CCCCC)cc3)c(F)c2F)cc1. The van der Waals surface area contributed by atoms with Gasteiger partial charge < -0.3 is 0 Å². The second kappa shape index (κ2) is 11.1. The summed E-state index contributed by atoms with van der Waals surface area (Å²) in [7, 11) is 0. The third-order valence-electron chi connectivity index (χ3n) is 5.75. The molecule has 0 fully saturated rings. The molecule has 0 heterocycles. The first-order chi connectivity index (χ1) is 14.6. The van der Waals surface area contributed by atoms with Crippen LogP contribution in [0.5, 0.6) is 0 Å². The molecule has 0 amide bonds. The van der Waals surface area contributed by atoms with Crippen LogP contribution in [0.1, 0.15) is 63.5 Å². The lowest BCUT2D eigenvalue weighted by atomic mass is 9.96. The molecule has 0 unspecified atom stereocenters. The van der Waals surface area contributed by atoms with Gasteiger partial charge in [-0.25, -0.2) is 8.78 Å². The molecule has 0 aliphatic rings.